The summed E-state index contributed by atoms with van der Waals surface area (Å²) in [4.78, 5) is 26.3. The summed E-state index contributed by atoms with van der Waals surface area (Å²) in [6, 6.07) is 19.4. The second kappa shape index (κ2) is 7.00. The van der Waals surface area contributed by atoms with E-state index in [4.69, 9.17) is 4.74 Å². The van der Waals surface area contributed by atoms with Crippen molar-refractivity contribution in [2.75, 3.05) is 0 Å². The molecule has 0 N–H and O–H groups in total. The lowest BCUT2D eigenvalue weighted by atomic mass is 10.0. The van der Waals surface area contributed by atoms with Gasteiger partial charge >= 0.3 is 5.97 Å². The van der Waals surface area contributed by atoms with Gasteiger partial charge in [-0.05, 0) is 18.1 Å². The van der Waals surface area contributed by atoms with Gasteiger partial charge in [-0.3, -0.25) is 4.79 Å². The van der Waals surface area contributed by atoms with Crippen LogP contribution in [0, 0.1) is 0 Å². The Morgan fingerprint density at radius 3 is 2.19 bits per heavy atom. The number of esters is 1. The molecule has 0 aromatic heterocycles. The Morgan fingerprint density at radius 1 is 1.08 bits per heavy atom. The van der Waals surface area contributed by atoms with E-state index in [-0.39, 0.29) is 22.5 Å². The molecule has 2 aliphatic heterocycles. The topological polar surface area (TPSA) is 46.6 Å². The third-order valence-corrected chi connectivity index (χ3v) is 6.06. The van der Waals surface area contributed by atoms with E-state index in [0.29, 0.717) is 12.0 Å². The normalized spacial score (nSPS) is 21.7. The smallest absolute Gasteiger partial charge is 0.337 e. The Labute approximate surface area is 156 Å². The van der Waals surface area contributed by atoms with Gasteiger partial charge in [-0.25, -0.2) is 4.79 Å². The maximum Gasteiger partial charge on any atom is 0.337 e. The first kappa shape index (κ1) is 16.9. The Morgan fingerprint density at radius 2 is 1.65 bits per heavy atom. The molecule has 1 amide bonds. The molecule has 1 unspecified atom stereocenters. The second-order valence-electron chi connectivity index (χ2n) is 6.43. The molecule has 0 aliphatic carbocycles. The summed E-state index contributed by atoms with van der Waals surface area (Å²) in [6.07, 6.45) is 1.74. The van der Waals surface area contributed by atoms with E-state index in [2.05, 4.69) is 0 Å². The Bertz CT molecular complexity index is 811. The van der Waals surface area contributed by atoms with Crippen molar-refractivity contribution in [2.45, 2.75) is 30.1 Å². The van der Waals surface area contributed by atoms with Gasteiger partial charge in [-0.15, -0.1) is 11.8 Å². The van der Waals surface area contributed by atoms with Crippen LogP contribution in [0.1, 0.15) is 30.6 Å². The summed E-state index contributed by atoms with van der Waals surface area (Å²) >= 11 is 1.63. The number of hydrogen-bond acceptors (Lipinski definition) is 4. The summed E-state index contributed by atoms with van der Waals surface area (Å²) < 4.78 is 5.92. The van der Waals surface area contributed by atoms with Crippen LogP contribution < -0.4 is 0 Å². The number of rotatable bonds is 4. The molecule has 0 spiro atoms. The van der Waals surface area contributed by atoms with Crippen molar-refractivity contribution in [2.24, 2.45) is 0 Å². The van der Waals surface area contributed by atoms with Gasteiger partial charge in [0.05, 0.1) is 17.4 Å². The predicted octanol–water partition coefficient (Wildman–Crippen LogP) is 3.90. The van der Waals surface area contributed by atoms with E-state index in [9.17, 15) is 9.59 Å². The average Bonchev–Trinajstić information content (AvgIpc) is 2.67. The van der Waals surface area contributed by atoms with Crippen molar-refractivity contribution >= 4 is 23.6 Å². The molecule has 0 saturated carbocycles. The number of carbonyl (C=O) groups excluding carboxylic acids is 2. The summed E-state index contributed by atoms with van der Waals surface area (Å²) in [5.74, 6) is -0.316. The molecule has 1 saturated heterocycles. The van der Waals surface area contributed by atoms with E-state index >= 15 is 0 Å². The van der Waals surface area contributed by atoms with Crippen molar-refractivity contribution in [1.82, 2.24) is 4.90 Å². The highest BCUT2D eigenvalue weighted by molar-refractivity contribution is 8.00. The molecule has 4 rings (SSSR count). The zero-order valence-corrected chi connectivity index (χ0v) is 15.2. The molecule has 2 aliphatic rings. The highest BCUT2D eigenvalue weighted by Gasteiger charge is 2.42. The first-order valence-electron chi connectivity index (χ1n) is 8.62. The maximum absolute atomic E-state index is 12.9. The van der Waals surface area contributed by atoms with Crippen LogP contribution in [0.2, 0.25) is 0 Å². The first-order chi connectivity index (χ1) is 12.6. The molecule has 26 heavy (non-hydrogen) atoms. The van der Waals surface area contributed by atoms with Gasteiger partial charge in [0.25, 0.3) is 0 Å². The van der Waals surface area contributed by atoms with Crippen LogP contribution >= 0.6 is 11.8 Å². The molecular weight excluding hydrogens is 346 g/mol. The monoisotopic (exact) mass is 365 g/mol. The minimum absolute atomic E-state index is 0.00375. The fourth-order valence-corrected chi connectivity index (χ4v) is 4.54. The fourth-order valence-electron chi connectivity index (χ4n) is 3.21. The predicted molar refractivity (Wildman–Crippen MR) is 101 cm³/mol. The number of fused-ring (bicyclic) bond motifs is 1. The number of amides is 1. The zero-order valence-electron chi connectivity index (χ0n) is 14.4. The van der Waals surface area contributed by atoms with Gasteiger partial charge in [0, 0.05) is 11.4 Å². The highest BCUT2D eigenvalue weighted by Crippen LogP contribution is 2.40. The molecule has 4 nitrogen and oxygen atoms in total. The molecule has 132 valence electrons. The SMILES string of the molecule is CC1S[C@@H]2CC(=O)N2C=C1C(=O)OC(c1ccccc1)c1ccccc1. The molecule has 2 aromatic rings. The third-order valence-electron chi connectivity index (χ3n) is 4.69. The Kier molecular flexibility index (Phi) is 4.55. The summed E-state index contributed by atoms with van der Waals surface area (Å²) in [6.45, 7) is 1.98. The van der Waals surface area contributed by atoms with E-state index < -0.39 is 6.10 Å². The first-order valence-corrected chi connectivity index (χ1v) is 9.57. The minimum Gasteiger partial charge on any atom is -0.449 e. The lowest BCUT2D eigenvalue weighted by Crippen LogP contribution is -2.50. The standard InChI is InChI=1S/C21H19NO3S/c1-14-17(13-22-18(23)12-19(22)26-14)21(24)25-20(15-8-4-2-5-9-15)16-10-6-3-7-11-16/h2-11,13-14,19-20H,12H2,1H3/t14?,19-/m1/s1. The van der Waals surface area contributed by atoms with E-state index in [1.54, 1.807) is 22.9 Å². The van der Waals surface area contributed by atoms with Crippen LogP contribution in [0.15, 0.2) is 72.4 Å². The van der Waals surface area contributed by atoms with Gasteiger partial charge in [-0.1, -0.05) is 60.7 Å². The number of ether oxygens (including phenoxy) is 1. The lowest BCUT2D eigenvalue weighted by Gasteiger charge is -2.42. The largest absolute Gasteiger partial charge is 0.449 e. The van der Waals surface area contributed by atoms with Crippen LogP contribution in [0.5, 0.6) is 0 Å². The van der Waals surface area contributed by atoms with Gasteiger partial charge in [0.2, 0.25) is 5.91 Å². The number of carbonyl (C=O) groups is 2. The number of hydrogen-bond donors (Lipinski definition) is 0. The summed E-state index contributed by atoms with van der Waals surface area (Å²) in [5, 5.41) is 0.164. The van der Waals surface area contributed by atoms with Crippen LogP contribution in [0.3, 0.4) is 0 Å². The molecule has 5 heteroatoms. The van der Waals surface area contributed by atoms with Crippen molar-refractivity contribution in [1.29, 1.82) is 0 Å². The molecule has 2 aromatic carbocycles. The van der Waals surface area contributed by atoms with Crippen LogP contribution in [0.4, 0.5) is 0 Å². The number of thioether (sulfide) groups is 1. The zero-order chi connectivity index (χ0) is 18.1. The minimum atomic E-state index is -0.479. The maximum atomic E-state index is 12.9. The van der Waals surface area contributed by atoms with Gasteiger partial charge < -0.3 is 9.64 Å². The van der Waals surface area contributed by atoms with Crippen molar-refractivity contribution in [3.63, 3.8) is 0 Å². The average molecular weight is 365 g/mol. The molecule has 2 atom stereocenters. The van der Waals surface area contributed by atoms with E-state index in [1.807, 2.05) is 67.6 Å². The molecule has 0 radical (unpaired) electrons. The number of nitrogens with zero attached hydrogens (tertiary/aromatic N) is 1. The summed E-state index contributed by atoms with van der Waals surface area (Å²) in [7, 11) is 0. The van der Waals surface area contributed by atoms with Crippen molar-refractivity contribution < 1.29 is 14.3 Å². The van der Waals surface area contributed by atoms with Crippen LogP contribution in [0.25, 0.3) is 0 Å². The quantitative estimate of drug-likeness (QED) is 0.609. The van der Waals surface area contributed by atoms with Crippen molar-refractivity contribution in [3.8, 4) is 0 Å². The van der Waals surface area contributed by atoms with Gasteiger partial charge in [0.1, 0.15) is 0 Å². The molecule has 1 fully saturated rings. The lowest BCUT2D eigenvalue weighted by molar-refractivity contribution is -0.143. The number of β-lactam (4-membered cyclic amide) rings is 1. The number of benzene rings is 2. The van der Waals surface area contributed by atoms with Crippen LogP contribution in [-0.4, -0.2) is 27.4 Å². The van der Waals surface area contributed by atoms with Gasteiger partial charge in [-0.2, -0.15) is 0 Å². The van der Waals surface area contributed by atoms with Crippen LogP contribution in [-0.2, 0) is 14.3 Å². The van der Waals surface area contributed by atoms with Crippen molar-refractivity contribution in [3.05, 3.63) is 83.6 Å². The van der Waals surface area contributed by atoms with E-state index in [0.717, 1.165) is 11.1 Å². The summed E-state index contributed by atoms with van der Waals surface area (Å²) in [5.41, 5.74) is 2.37. The van der Waals surface area contributed by atoms with Gasteiger partial charge in [0.15, 0.2) is 6.10 Å². The molecular formula is C21H19NO3S. The third kappa shape index (κ3) is 3.15. The highest BCUT2D eigenvalue weighted by atomic mass is 32.2. The molecule has 0 bridgehead atoms. The molecule has 2 heterocycles. The fraction of sp³-hybridized carbons (Fsp3) is 0.238. The Hall–Kier alpha value is -2.53. The second-order valence-corrected chi connectivity index (χ2v) is 7.95. The van der Waals surface area contributed by atoms with E-state index in [1.165, 1.54) is 0 Å². The Balaban J connectivity index is 1.62.